The zero-order chi connectivity index (χ0) is 51.4. The molecule has 0 spiro atoms. The van der Waals surface area contributed by atoms with Gasteiger partial charge in [0.05, 0.1) is 0 Å². The molecule has 1 unspecified atom stereocenters. The van der Waals surface area contributed by atoms with Gasteiger partial charge in [0.15, 0.2) is 6.10 Å². The molecular formula is C65H110O6. The molecule has 0 heterocycles. The van der Waals surface area contributed by atoms with Crippen LogP contribution in [0.15, 0.2) is 97.2 Å². The highest BCUT2D eigenvalue weighted by Gasteiger charge is 2.19. The summed E-state index contributed by atoms with van der Waals surface area (Å²) in [6.07, 6.45) is 78.5. The van der Waals surface area contributed by atoms with Gasteiger partial charge in [-0.25, -0.2) is 0 Å². The van der Waals surface area contributed by atoms with Crippen LogP contribution in [0.5, 0.6) is 0 Å². The van der Waals surface area contributed by atoms with Gasteiger partial charge in [0, 0.05) is 19.3 Å². The van der Waals surface area contributed by atoms with Crippen LogP contribution in [-0.4, -0.2) is 37.2 Å². The third-order valence-corrected chi connectivity index (χ3v) is 12.6. The number of unbranched alkanes of at least 4 members (excludes halogenated alkanes) is 26. The minimum absolute atomic E-state index is 0.0793. The second-order valence-electron chi connectivity index (χ2n) is 19.5. The van der Waals surface area contributed by atoms with Crippen LogP contribution in [-0.2, 0) is 28.6 Å². The average Bonchev–Trinajstić information content (AvgIpc) is 3.37. The maximum atomic E-state index is 12.8. The van der Waals surface area contributed by atoms with Crippen LogP contribution in [0.1, 0.15) is 278 Å². The molecule has 0 fully saturated rings. The van der Waals surface area contributed by atoms with E-state index in [1.807, 2.05) is 0 Å². The molecule has 0 aromatic carbocycles. The van der Waals surface area contributed by atoms with Crippen LogP contribution < -0.4 is 0 Å². The van der Waals surface area contributed by atoms with Gasteiger partial charge in [-0.3, -0.25) is 14.4 Å². The first kappa shape index (κ1) is 67.3. The lowest BCUT2D eigenvalue weighted by Gasteiger charge is -2.18. The van der Waals surface area contributed by atoms with Gasteiger partial charge in [-0.1, -0.05) is 259 Å². The minimum Gasteiger partial charge on any atom is -0.462 e. The fourth-order valence-corrected chi connectivity index (χ4v) is 8.19. The van der Waals surface area contributed by atoms with Crippen molar-refractivity contribution in [3.05, 3.63) is 97.2 Å². The summed E-state index contributed by atoms with van der Waals surface area (Å²) in [5, 5.41) is 0. The smallest absolute Gasteiger partial charge is 0.306 e. The van der Waals surface area contributed by atoms with E-state index in [2.05, 4.69) is 118 Å². The molecule has 0 rings (SSSR count). The number of allylic oxidation sites excluding steroid dienone is 16. The number of rotatable bonds is 53. The predicted molar refractivity (Wildman–Crippen MR) is 307 cm³/mol. The standard InChI is InChI=1S/C65H110O6/c1-4-7-10-13-16-18-20-22-24-26-28-30-32-34-36-38-40-42-44-46-49-52-55-58-64(67)70-61-62(60-69-63(66)57-54-51-48-15-12-9-6-3)71-65(68)59-56-53-50-47-45-43-41-39-37-35-33-31-29-27-25-23-21-19-17-14-11-8-5-2/h7-8,10-11,16-19,22-25,28-31,62H,4-6,9,12-15,20-21,26-27,32-61H2,1-3H3/b10-7-,11-8-,18-16-,19-17-,24-22-,25-23-,30-28-,31-29-. The zero-order valence-corrected chi connectivity index (χ0v) is 46.5. The molecule has 0 aliphatic heterocycles. The number of carbonyl (C=O) groups excluding carboxylic acids is 3. The van der Waals surface area contributed by atoms with E-state index in [0.29, 0.717) is 19.3 Å². The van der Waals surface area contributed by atoms with Crippen molar-refractivity contribution in [2.24, 2.45) is 0 Å². The molecule has 0 aromatic heterocycles. The van der Waals surface area contributed by atoms with Crippen LogP contribution in [0.2, 0.25) is 0 Å². The second-order valence-corrected chi connectivity index (χ2v) is 19.5. The molecule has 71 heavy (non-hydrogen) atoms. The summed E-state index contributed by atoms with van der Waals surface area (Å²) in [6.45, 7) is 6.38. The van der Waals surface area contributed by atoms with E-state index in [-0.39, 0.29) is 31.1 Å². The van der Waals surface area contributed by atoms with Gasteiger partial charge in [0.2, 0.25) is 0 Å². The van der Waals surface area contributed by atoms with Crippen LogP contribution in [0.3, 0.4) is 0 Å². The van der Waals surface area contributed by atoms with Gasteiger partial charge in [-0.2, -0.15) is 0 Å². The summed E-state index contributed by atoms with van der Waals surface area (Å²) in [7, 11) is 0. The molecule has 0 bridgehead atoms. The minimum atomic E-state index is -0.780. The Morgan fingerprint density at radius 1 is 0.296 bits per heavy atom. The highest BCUT2D eigenvalue weighted by Crippen LogP contribution is 2.16. The van der Waals surface area contributed by atoms with Crippen molar-refractivity contribution >= 4 is 17.9 Å². The van der Waals surface area contributed by atoms with Gasteiger partial charge in [-0.15, -0.1) is 0 Å². The number of esters is 3. The molecule has 0 N–H and O–H groups in total. The summed E-state index contributed by atoms with van der Waals surface area (Å²) >= 11 is 0. The van der Waals surface area contributed by atoms with Gasteiger partial charge >= 0.3 is 17.9 Å². The Morgan fingerprint density at radius 2 is 0.549 bits per heavy atom. The molecule has 406 valence electrons. The van der Waals surface area contributed by atoms with Crippen LogP contribution in [0, 0.1) is 0 Å². The van der Waals surface area contributed by atoms with Gasteiger partial charge in [0.1, 0.15) is 13.2 Å². The van der Waals surface area contributed by atoms with Crippen molar-refractivity contribution in [1.82, 2.24) is 0 Å². The lowest BCUT2D eigenvalue weighted by molar-refractivity contribution is -0.167. The van der Waals surface area contributed by atoms with Crippen molar-refractivity contribution in [3.63, 3.8) is 0 Å². The summed E-state index contributed by atoms with van der Waals surface area (Å²) in [6, 6.07) is 0. The lowest BCUT2D eigenvalue weighted by Crippen LogP contribution is -2.30. The molecular weight excluding hydrogens is 877 g/mol. The highest BCUT2D eigenvalue weighted by atomic mass is 16.6. The van der Waals surface area contributed by atoms with Crippen molar-refractivity contribution in [1.29, 1.82) is 0 Å². The average molecular weight is 988 g/mol. The molecule has 6 heteroatoms. The second kappa shape index (κ2) is 58.9. The molecule has 0 saturated carbocycles. The fourth-order valence-electron chi connectivity index (χ4n) is 8.19. The Balaban J connectivity index is 4.19. The molecule has 6 nitrogen and oxygen atoms in total. The van der Waals surface area contributed by atoms with Crippen molar-refractivity contribution in [2.75, 3.05) is 13.2 Å². The number of ether oxygens (including phenoxy) is 3. The first-order chi connectivity index (χ1) is 35.0. The van der Waals surface area contributed by atoms with Crippen LogP contribution >= 0.6 is 0 Å². The molecule has 0 amide bonds. The zero-order valence-electron chi connectivity index (χ0n) is 46.5. The first-order valence-electron chi connectivity index (χ1n) is 29.7. The van der Waals surface area contributed by atoms with E-state index in [1.165, 1.54) is 128 Å². The predicted octanol–water partition coefficient (Wildman–Crippen LogP) is 20.1. The largest absolute Gasteiger partial charge is 0.462 e. The third-order valence-electron chi connectivity index (χ3n) is 12.6. The maximum absolute atomic E-state index is 12.8. The van der Waals surface area contributed by atoms with Crippen LogP contribution in [0.25, 0.3) is 0 Å². The van der Waals surface area contributed by atoms with Crippen molar-refractivity contribution < 1.29 is 28.6 Å². The van der Waals surface area contributed by atoms with Crippen molar-refractivity contribution in [3.8, 4) is 0 Å². The molecule has 0 saturated heterocycles. The number of carbonyl (C=O) groups is 3. The lowest BCUT2D eigenvalue weighted by atomic mass is 10.0. The fraction of sp³-hybridized carbons (Fsp3) is 0.708. The van der Waals surface area contributed by atoms with E-state index in [9.17, 15) is 14.4 Å². The number of hydrogen-bond donors (Lipinski definition) is 0. The Bertz CT molecular complexity index is 1410. The normalized spacial score (nSPS) is 12.8. The Hall–Kier alpha value is -3.67. The quantitative estimate of drug-likeness (QED) is 0.0261. The number of hydrogen-bond acceptors (Lipinski definition) is 6. The maximum Gasteiger partial charge on any atom is 0.306 e. The van der Waals surface area contributed by atoms with E-state index >= 15 is 0 Å². The van der Waals surface area contributed by atoms with E-state index in [1.54, 1.807) is 0 Å². The third kappa shape index (κ3) is 57.1. The molecule has 1 atom stereocenters. The van der Waals surface area contributed by atoms with Gasteiger partial charge in [0.25, 0.3) is 0 Å². The van der Waals surface area contributed by atoms with E-state index < -0.39 is 6.10 Å². The molecule has 0 aliphatic carbocycles. The Labute approximate surface area is 438 Å². The Morgan fingerprint density at radius 3 is 0.859 bits per heavy atom. The summed E-state index contributed by atoms with van der Waals surface area (Å²) in [4.78, 5) is 38.0. The summed E-state index contributed by atoms with van der Waals surface area (Å²) in [5.41, 5.74) is 0. The van der Waals surface area contributed by atoms with Crippen molar-refractivity contribution in [2.45, 2.75) is 284 Å². The van der Waals surface area contributed by atoms with Gasteiger partial charge in [-0.05, 0) is 96.3 Å². The SMILES string of the molecule is CC/C=C\C/C=C\C/C=C\C/C=C\CCCCCCCCCCCCC(=O)OCC(COC(=O)CCCCCCCCC)OC(=O)CCCCCCCCCCCC/C=C\C/C=C\C/C=C\C/C=C\CC. The highest BCUT2D eigenvalue weighted by molar-refractivity contribution is 5.71. The summed E-state index contributed by atoms with van der Waals surface area (Å²) in [5.74, 6) is -0.890. The van der Waals surface area contributed by atoms with E-state index in [4.69, 9.17) is 14.2 Å². The first-order valence-corrected chi connectivity index (χ1v) is 29.7. The molecule has 0 aromatic rings. The topological polar surface area (TPSA) is 78.9 Å². The summed E-state index contributed by atoms with van der Waals surface area (Å²) < 4.78 is 16.8. The van der Waals surface area contributed by atoms with E-state index in [0.717, 1.165) is 109 Å². The monoisotopic (exact) mass is 987 g/mol. The molecule has 0 aliphatic rings. The van der Waals surface area contributed by atoms with Crippen LogP contribution in [0.4, 0.5) is 0 Å². The van der Waals surface area contributed by atoms with Gasteiger partial charge < -0.3 is 14.2 Å². The Kier molecular flexibility index (Phi) is 55.9. The molecule has 0 radical (unpaired) electrons.